The lowest BCUT2D eigenvalue weighted by Crippen LogP contribution is -2.50. The zero-order chi connectivity index (χ0) is 21.8. The third kappa shape index (κ3) is 5.36. The van der Waals surface area contributed by atoms with Crippen LogP contribution in [-0.4, -0.2) is 49.4 Å². The van der Waals surface area contributed by atoms with E-state index in [9.17, 15) is 13.2 Å². The summed E-state index contributed by atoms with van der Waals surface area (Å²) in [5.74, 6) is 0.314. The Morgan fingerprint density at radius 3 is 2.23 bits per heavy atom. The lowest BCUT2D eigenvalue weighted by atomic mass is 9.97. The highest BCUT2D eigenvalue weighted by Gasteiger charge is 2.39. The first-order valence-corrected chi connectivity index (χ1v) is 13.1. The second-order valence-corrected chi connectivity index (χ2v) is 11.2. The zero-order valence-corrected chi connectivity index (χ0v) is 19.0. The lowest BCUT2D eigenvalue weighted by Gasteiger charge is -2.34. The first-order chi connectivity index (χ1) is 14.9. The van der Waals surface area contributed by atoms with E-state index in [0.717, 1.165) is 36.8 Å². The molecular formula is C25H32N2O3S. The van der Waals surface area contributed by atoms with Crippen molar-refractivity contribution in [3.05, 3.63) is 71.3 Å². The summed E-state index contributed by atoms with van der Waals surface area (Å²) in [6.07, 6.45) is 4.73. The van der Waals surface area contributed by atoms with E-state index in [0.29, 0.717) is 6.42 Å². The minimum absolute atomic E-state index is 0.0158. The lowest BCUT2D eigenvalue weighted by molar-refractivity contribution is -0.134. The van der Waals surface area contributed by atoms with Gasteiger partial charge in [-0.25, -0.2) is 8.42 Å². The Labute approximate surface area is 185 Å². The molecule has 166 valence electrons. The fourth-order valence-electron chi connectivity index (χ4n) is 5.00. The normalized spacial score (nSPS) is 21.8. The van der Waals surface area contributed by atoms with E-state index in [2.05, 4.69) is 48.6 Å². The Kier molecular flexibility index (Phi) is 6.77. The van der Waals surface area contributed by atoms with E-state index < -0.39 is 9.84 Å². The van der Waals surface area contributed by atoms with E-state index in [-0.39, 0.29) is 42.1 Å². The molecule has 31 heavy (non-hydrogen) atoms. The van der Waals surface area contributed by atoms with Crippen molar-refractivity contribution in [1.82, 2.24) is 10.2 Å². The van der Waals surface area contributed by atoms with Gasteiger partial charge in [-0.2, -0.15) is 0 Å². The van der Waals surface area contributed by atoms with Crippen LogP contribution in [0.2, 0.25) is 0 Å². The fourth-order valence-corrected chi connectivity index (χ4v) is 6.71. The number of hydrogen-bond acceptors (Lipinski definition) is 4. The molecule has 2 fully saturated rings. The Hall–Kier alpha value is -2.18. The van der Waals surface area contributed by atoms with Crippen molar-refractivity contribution < 1.29 is 13.2 Å². The maximum Gasteiger partial charge on any atom is 0.237 e. The summed E-state index contributed by atoms with van der Waals surface area (Å²) in [5, 5.41) is 3.48. The number of aryl methyl sites for hydroxylation is 1. The van der Waals surface area contributed by atoms with E-state index in [1.54, 1.807) is 0 Å². The van der Waals surface area contributed by atoms with Crippen molar-refractivity contribution >= 4 is 15.7 Å². The van der Waals surface area contributed by atoms with Gasteiger partial charge in [0, 0.05) is 12.1 Å². The SMILES string of the molecule is Cc1ccc([C@@H](NCC(=O)N(C2CCCC2)[C@H]2CCS(=O)(=O)C2)c2ccccc2)cc1. The van der Waals surface area contributed by atoms with Crippen molar-refractivity contribution in [2.75, 3.05) is 18.1 Å². The molecule has 5 nitrogen and oxygen atoms in total. The molecule has 1 aliphatic heterocycles. The summed E-state index contributed by atoms with van der Waals surface area (Å²) in [6, 6.07) is 18.4. The maximum atomic E-state index is 13.4. The molecule has 2 aromatic rings. The molecule has 0 bridgehead atoms. The average Bonchev–Trinajstić information content (AvgIpc) is 3.40. The molecule has 1 saturated carbocycles. The molecule has 1 saturated heterocycles. The molecule has 0 spiro atoms. The molecule has 2 aliphatic rings. The topological polar surface area (TPSA) is 66.5 Å². The number of nitrogens with one attached hydrogen (secondary N) is 1. The van der Waals surface area contributed by atoms with Gasteiger partial charge in [-0.15, -0.1) is 0 Å². The number of carbonyl (C=O) groups excluding carboxylic acids is 1. The molecule has 1 amide bonds. The molecular weight excluding hydrogens is 408 g/mol. The van der Waals surface area contributed by atoms with Gasteiger partial charge in [0.2, 0.25) is 5.91 Å². The summed E-state index contributed by atoms with van der Waals surface area (Å²) in [4.78, 5) is 15.3. The molecule has 1 N–H and O–H groups in total. The van der Waals surface area contributed by atoms with Crippen LogP contribution in [0.3, 0.4) is 0 Å². The molecule has 0 unspecified atom stereocenters. The van der Waals surface area contributed by atoms with Gasteiger partial charge >= 0.3 is 0 Å². The van der Waals surface area contributed by atoms with Crippen molar-refractivity contribution in [3.8, 4) is 0 Å². The standard InChI is InChI=1S/C25H32N2O3S/c1-19-11-13-21(14-12-19)25(20-7-3-2-4-8-20)26-17-24(28)27(22-9-5-6-10-22)23-15-16-31(29,30)18-23/h2-4,7-8,11-14,22-23,25-26H,5-6,9-10,15-18H2,1H3/t23-,25-/m0/s1. The summed E-state index contributed by atoms with van der Waals surface area (Å²) < 4.78 is 24.2. The Bertz CT molecular complexity index is 983. The summed E-state index contributed by atoms with van der Waals surface area (Å²) in [7, 11) is -3.04. The van der Waals surface area contributed by atoms with Crippen molar-refractivity contribution in [3.63, 3.8) is 0 Å². The average molecular weight is 441 g/mol. The number of amides is 1. The van der Waals surface area contributed by atoms with Crippen LogP contribution in [-0.2, 0) is 14.6 Å². The van der Waals surface area contributed by atoms with Gasteiger partial charge in [0.25, 0.3) is 0 Å². The van der Waals surface area contributed by atoms with Crippen LogP contribution < -0.4 is 5.32 Å². The van der Waals surface area contributed by atoms with Crippen LogP contribution in [0.5, 0.6) is 0 Å². The first-order valence-electron chi connectivity index (χ1n) is 11.3. The Morgan fingerprint density at radius 1 is 0.968 bits per heavy atom. The highest BCUT2D eigenvalue weighted by atomic mass is 32.2. The fraction of sp³-hybridized carbons (Fsp3) is 0.480. The predicted octanol–water partition coefficient (Wildman–Crippen LogP) is 3.63. The molecule has 1 aliphatic carbocycles. The molecule has 6 heteroatoms. The van der Waals surface area contributed by atoms with Crippen molar-refractivity contribution in [2.24, 2.45) is 0 Å². The quantitative estimate of drug-likeness (QED) is 0.714. The van der Waals surface area contributed by atoms with Crippen molar-refractivity contribution in [1.29, 1.82) is 0 Å². The first kappa shape index (κ1) is 22.0. The predicted molar refractivity (Wildman–Crippen MR) is 124 cm³/mol. The van der Waals surface area contributed by atoms with Gasteiger partial charge < -0.3 is 4.90 Å². The maximum absolute atomic E-state index is 13.4. The molecule has 0 aromatic heterocycles. The number of rotatable bonds is 7. The largest absolute Gasteiger partial charge is 0.335 e. The van der Waals surface area contributed by atoms with Gasteiger partial charge in [-0.3, -0.25) is 10.1 Å². The number of hydrogen-bond donors (Lipinski definition) is 1. The van der Waals surface area contributed by atoms with Gasteiger partial charge in [0.1, 0.15) is 0 Å². The van der Waals surface area contributed by atoms with E-state index >= 15 is 0 Å². The third-order valence-electron chi connectivity index (χ3n) is 6.61. The minimum Gasteiger partial charge on any atom is -0.335 e. The van der Waals surface area contributed by atoms with Crippen LogP contribution in [0.4, 0.5) is 0 Å². The third-order valence-corrected chi connectivity index (χ3v) is 8.36. The number of nitrogens with zero attached hydrogens (tertiary/aromatic N) is 1. The number of carbonyl (C=O) groups is 1. The molecule has 2 atom stereocenters. The van der Waals surface area contributed by atoms with Crippen LogP contribution in [0.15, 0.2) is 54.6 Å². The van der Waals surface area contributed by atoms with Crippen LogP contribution >= 0.6 is 0 Å². The molecule has 1 heterocycles. The summed E-state index contributed by atoms with van der Waals surface area (Å²) >= 11 is 0. The second-order valence-electron chi connectivity index (χ2n) is 8.93. The van der Waals surface area contributed by atoms with Gasteiger partial charge in [0.05, 0.1) is 24.1 Å². The van der Waals surface area contributed by atoms with Crippen LogP contribution in [0, 0.1) is 6.92 Å². The number of benzene rings is 2. The Morgan fingerprint density at radius 2 is 1.61 bits per heavy atom. The van der Waals surface area contributed by atoms with Crippen LogP contribution in [0.1, 0.15) is 54.8 Å². The highest BCUT2D eigenvalue weighted by Crippen LogP contribution is 2.29. The highest BCUT2D eigenvalue weighted by molar-refractivity contribution is 7.91. The minimum atomic E-state index is -3.04. The molecule has 0 radical (unpaired) electrons. The van der Waals surface area contributed by atoms with Crippen molar-refractivity contribution in [2.45, 2.75) is 57.2 Å². The Balaban J connectivity index is 1.53. The summed E-state index contributed by atoms with van der Waals surface area (Å²) in [6.45, 7) is 2.26. The monoisotopic (exact) mass is 440 g/mol. The summed E-state index contributed by atoms with van der Waals surface area (Å²) in [5.41, 5.74) is 3.41. The molecule has 2 aromatic carbocycles. The van der Waals surface area contributed by atoms with Gasteiger partial charge in [0.15, 0.2) is 9.84 Å². The van der Waals surface area contributed by atoms with E-state index in [4.69, 9.17) is 0 Å². The van der Waals surface area contributed by atoms with E-state index in [1.165, 1.54) is 5.56 Å². The van der Waals surface area contributed by atoms with Crippen LogP contribution in [0.25, 0.3) is 0 Å². The number of sulfone groups is 1. The van der Waals surface area contributed by atoms with Gasteiger partial charge in [-0.1, -0.05) is 73.0 Å². The smallest absolute Gasteiger partial charge is 0.237 e. The zero-order valence-electron chi connectivity index (χ0n) is 18.2. The van der Waals surface area contributed by atoms with Gasteiger partial charge in [-0.05, 0) is 37.3 Å². The molecule has 4 rings (SSSR count). The second kappa shape index (κ2) is 9.53. The van der Waals surface area contributed by atoms with E-state index in [1.807, 2.05) is 23.1 Å².